The second-order valence-electron chi connectivity index (χ2n) is 8.14. The molecular formula is C27H29NO6. The van der Waals surface area contributed by atoms with Crippen LogP contribution in [0.5, 0.6) is 17.2 Å². The van der Waals surface area contributed by atoms with Gasteiger partial charge in [-0.15, -0.1) is 0 Å². The van der Waals surface area contributed by atoms with Crippen LogP contribution in [0.15, 0.2) is 84.9 Å². The number of rotatable bonds is 6. The number of piperidine rings is 1. The molecule has 0 unspecified atom stereocenters. The van der Waals surface area contributed by atoms with E-state index in [-0.39, 0.29) is 0 Å². The third-order valence-corrected chi connectivity index (χ3v) is 5.60. The molecule has 1 heterocycles. The summed E-state index contributed by atoms with van der Waals surface area (Å²) < 4.78 is 12.1. The Labute approximate surface area is 199 Å². The average Bonchev–Trinajstić information content (AvgIpc) is 2.84. The molecule has 0 radical (unpaired) electrons. The quantitative estimate of drug-likeness (QED) is 0.509. The Balaban J connectivity index is 0.000000481. The van der Waals surface area contributed by atoms with Gasteiger partial charge in [-0.25, -0.2) is 9.59 Å². The van der Waals surface area contributed by atoms with Gasteiger partial charge in [0.1, 0.15) is 17.2 Å². The molecule has 3 aromatic carbocycles. The zero-order chi connectivity index (χ0) is 24.3. The lowest BCUT2D eigenvalue weighted by Crippen LogP contribution is -2.39. The summed E-state index contributed by atoms with van der Waals surface area (Å²) in [7, 11) is 2.20. The first kappa shape index (κ1) is 24.8. The van der Waals surface area contributed by atoms with Crippen LogP contribution in [0.3, 0.4) is 0 Å². The predicted octanol–water partition coefficient (Wildman–Crippen LogP) is 4.75. The summed E-state index contributed by atoms with van der Waals surface area (Å²) >= 11 is 0. The lowest BCUT2D eigenvalue weighted by atomic mass is 9.81. The van der Waals surface area contributed by atoms with Crippen molar-refractivity contribution in [1.82, 2.24) is 4.90 Å². The van der Waals surface area contributed by atoms with Crippen molar-refractivity contribution < 1.29 is 29.3 Å². The Hall–Kier alpha value is -3.84. The van der Waals surface area contributed by atoms with Crippen LogP contribution in [0.4, 0.5) is 0 Å². The van der Waals surface area contributed by atoms with Crippen LogP contribution in [0, 0.1) is 5.92 Å². The normalized spacial score (nSPS) is 17.7. The fourth-order valence-corrected chi connectivity index (χ4v) is 3.98. The summed E-state index contributed by atoms with van der Waals surface area (Å²) in [6, 6.07) is 28.6. The zero-order valence-corrected chi connectivity index (χ0v) is 19.0. The maximum absolute atomic E-state index is 9.10. The largest absolute Gasteiger partial charge is 0.493 e. The van der Waals surface area contributed by atoms with Gasteiger partial charge in [0, 0.05) is 18.5 Å². The van der Waals surface area contributed by atoms with E-state index in [1.54, 1.807) is 0 Å². The van der Waals surface area contributed by atoms with Crippen LogP contribution in [0.2, 0.25) is 0 Å². The van der Waals surface area contributed by atoms with Gasteiger partial charge < -0.3 is 24.6 Å². The molecule has 7 heteroatoms. The molecule has 0 saturated carbocycles. The molecule has 3 aromatic rings. The van der Waals surface area contributed by atoms with Gasteiger partial charge in [-0.3, -0.25) is 0 Å². The van der Waals surface area contributed by atoms with Gasteiger partial charge in [0.05, 0.1) is 6.61 Å². The molecule has 1 saturated heterocycles. The first-order chi connectivity index (χ1) is 16.4. The summed E-state index contributed by atoms with van der Waals surface area (Å²) in [6.07, 6.45) is 1.17. The van der Waals surface area contributed by atoms with Crippen LogP contribution in [0.1, 0.15) is 17.9 Å². The maximum Gasteiger partial charge on any atom is 0.414 e. The van der Waals surface area contributed by atoms with Crippen molar-refractivity contribution in [3.63, 3.8) is 0 Å². The van der Waals surface area contributed by atoms with E-state index in [1.807, 2.05) is 54.6 Å². The molecule has 1 aliphatic heterocycles. The second-order valence-corrected chi connectivity index (χ2v) is 8.14. The Kier molecular flexibility index (Phi) is 9.05. The predicted molar refractivity (Wildman–Crippen MR) is 129 cm³/mol. The van der Waals surface area contributed by atoms with Crippen LogP contribution in [-0.4, -0.2) is 53.8 Å². The van der Waals surface area contributed by atoms with Gasteiger partial charge in [-0.2, -0.15) is 0 Å². The number of hydrogen-bond acceptors (Lipinski definition) is 5. The molecule has 2 atom stereocenters. The van der Waals surface area contributed by atoms with Crippen molar-refractivity contribution in [3.8, 4) is 17.2 Å². The monoisotopic (exact) mass is 463 g/mol. The van der Waals surface area contributed by atoms with Crippen molar-refractivity contribution in [3.05, 3.63) is 90.5 Å². The molecule has 178 valence electrons. The molecule has 1 fully saturated rings. The highest BCUT2D eigenvalue weighted by atomic mass is 16.5. The Morgan fingerprint density at radius 2 is 1.44 bits per heavy atom. The molecule has 1 aliphatic rings. The lowest BCUT2D eigenvalue weighted by Gasteiger charge is -2.37. The topological polar surface area (TPSA) is 96.3 Å². The smallest absolute Gasteiger partial charge is 0.414 e. The summed E-state index contributed by atoms with van der Waals surface area (Å²) in [5, 5.41) is 14.8. The maximum atomic E-state index is 9.10. The fourth-order valence-electron chi connectivity index (χ4n) is 3.98. The van der Waals surface area contributed by atoms with Gasteiger partial charge >= 0.3 is 11.9 Å². The van der Waals surface area contributed by atoms with Gasteiger partial charge in [0.2, 0.25) is 0 Å². The van der Waals surface area contributed by atoms with Crippen LogP contribution < -0.4 is 9.47 Å². The third kappa shape index (κ3) is 7.64. The van der Waals surface area contributed by atoms with E-state index < -0.39 is 11.9 Å². The summed E-state index contributed by atoms with van der Waals surface area (Å²) in [5.41, 5.74) is 1.42. The van der Waals surface area contributed by atoms with E-state index in [1.165, 1.54) is 12.0 Å². The second kappa shape index (κ2) is 12.4. The van der Waals surface area contributed by atoms with Gasteiger partial charge in [0.25, 0.3) is 0 Å². The first-order valence-corrected chi connectivity index (χ1v) is 11.1. The molecule has 0 aromatic heterocycles. The number of nitrogens with zero attached hydrogens (tertiary/aromatic N) is 1. The lowest BCUT2D eigenvalue weighted by molar-refractivity contribution is -0.159. The number of aliphatic carboxylic acids is 2. The molecule has 0 aliphatic carbocycles. The zero-order valence-electron chi connectivity index (χ0n) is 19.0. The molecule has 0 amide bonds. The number of likely N-dealkylation sites (tertiary alicyclic amines) is 1. The minimum atomic E-state index is -1.82. The molecule has 0 bridgehead atoms. The van der Waals surface area contributed by atoms with Crippen molar-refractivity contribution >= 4 is 11.9 Å². The van der Waals surface area contributed by atoms with Crippen molar-refractivity contribution in [2.45, 2.75) is 12.3 Å². The van der Waals surface area contributed by atoms with E-state index in [0.29, 0.717) is 18.4 Å². The molecule has 2 N–H and O–H groups in total. The number of carbonyl (C=O) groups is 2. The summed E-state index contributed by atoms with van der Waals surface area (Å²) in [6.45, 7) is 2.90. The third-order valence-electron chi connectivity index (χ3n) is 5.60. The number of ether oxygens (including phenoxy) is 2. The SMILES string of the molecule is CN1CC[C@H](c2ccccc2)[C@@H](COc2cccc(Oc3ccccc3)c2)C1.O=C(O)C(=O)O. The molecule has 4 rings (SSSR count). The fraction of sp³-hybridized carbons (Fsp3) is 0.259. The van der Waals surface area contributed by atoms with Crippen LogP contribution in [0.25, 0.3) is 0 Å². The Bertz CT molecular complexity index is 1040. The van der Waals surface area contributed by atoms with Crippen molar-refractivity contribution in [2.24, 2.45) is 5.92 Å². The minimum Gasteiger partial charge on any atom is -0.493 e. The van der Waals surface area contributed by atoms with E-state index >= 15 is 0 Å². The van der Waals surface area contributed by atoms with Gasteiger partial charge in [-0.1, -0.05) is 54.6 Å². The highest BCUT2D eigenvalue weighted by Gasteiger charge is 2.29. The number of carboxylic acids is 2. The Morgan fingerprint density at radius 3 is 2.09 bits per heavy atom. The molecule has 0 spiro atoms. The molecule has 7 nitrogen and oxygen atoms in total. The summed E-state index contributed by atoms with van der Waals surface area (Å²) in [5.74, 6) is -0.152. The summed E-state index contributed by atoms with van der Waals surface area (Å²) in [4.78, 5) is 20.6. The number of para-hydroxylation sites is 1. The number of hydrogen-bond donors (Lipinski definition) is 2. The number of benzene rings is 3. The van der Waals surface area contributed by atoms with E-state index in [9.17, 15) is 0 Å². The van der Waals surface area contributed by atoms with E-state index in [4.69, 9.17) is 29.3 Å². The number of carboxylic acid groups (broad SMARTS) is 2. The van der Waals surface area contributed by atoms with E-state index in [2.05, 4.69) is 42.3 Å². The van der Waals surface area contributed by atoms with Crippen molar-refractivity contribution in [1.29, 1.82) is 0 Å². The minimum absolute atomic E-state index is 0.472. The van der Waals surface area contributed by atoms with Crippen LogP contribution in [-0.2, 0) is 9.59 Å². The van der Waals surface area contributed by atoms with Crippen molar-refractivity contribution in [2.75, 3.05) is 26.7 Å². The standard InChI is InChI=1S/C25H27NO2.C2H2O4/c1-26-16-15-25(20-9-4-2-5-10-20)21(18-26)19-27-23-13-8-14-24(17-23)28-22-11-6-3-7-12-22;3-1(4)2(5)6/h2-14,17,21,25H,15-16,18-19H2,1H3;(H,3,4)(H,5,6)/t21-,25-;/m1./s1. The van der Waals surface area contributed by atoms with Gasteiger partial charge in [-0.05, 0) is 55.8 Å². The van der Waals surface area contributed by atoms with Crippen LogP contribution >= 0.6 is 0 Å². The van der Waals surface area contributed by atoms with Gasteiger partial charge in [0.15, 0.2) is 0 Å². The Morgan fingerprint density at radius 1 is 0.853 bits per heavy atom. The van der Waals surface area contributed by atoms with E-state index in [0.717, 1.165) is 30.3 Å². The highest BCUT2D eigenvalue weighted by Crippen LogP contribution is 2.33. The highest BCUT2D eigenvalue weighted by molar-refractivity contribution is 6.27. The first-order valence-electron chi connectivity index (χ1n) is 11.1. The molecule has 34 heavy (non-hydrogen) atoms. The molecular weight excluding hydrogens is 434 g/mol. The average molecular weight is 464 g/mol.